The number of alkyl halides is 1. The van der Waals surface area contributed by atoms with Gasteiger partial charge < -0.3 is 10.3 Å². The van der Waals surface area contributed by atoms with E-state index in [9.17, 15) is 0 Å². The zero-order valence-corrected chi connectivity index (χ0v) is 10.4. The van der Waals surface area contributed by atoms with Crippen LogP contribution < -0.4 is 5.73 Å². The Bertz CT molecular complexity index is 464. The molecule has 1 aromatic carbocycles. The molecule has 0 spiro atoms. The van der Waals surface area contributed by atoms with Crippen LogP contribution in [0.5, 0.6) is 0 Å². The highest BCUT2D eigenvalue weighted by atomic mass is 127. The zero-order valence-electron chi connectivity index (χ0n) is 7.50. The van der Waals surface area contributed by atoms with Gasteiger partial charge in [0.1, 0.15) is 0 Å². The number of nitrogen functional groups attached to an aromatic ring is 1. The predicted molar refractivity (Wildman–Crippen MR) is 69.8 cm³/mol. The van der Waals surface area contributed by atoms with E-state index in [-0.39, 0.29) is 0 Å². The number of hydrogen-bond acceptors (Lipinski definition) is 1. The molecular weight excluding hydrogens is 310 g/mol. The first-order valence-electron chi connectivity index (χ1n) is 4.33. The van der Waals surface area contributed by atoms with Crippen LogP contribution in [0.4, 0.5) is 5.69 Å². The molecule has 0 amide bonds. The Hall–Kier alpha value is -0.420. The molecule has 14 heavy (non-hydrogen) atoms. The lowest BCUT2D eigenvalue weighted by Gasteiger charge is -2.04. The van der Waals surface area contributed by atoms with Gasteiger partial charge in [0, 0.05) is 23.5 Å². The van der Waals surface area contributed by atoms with Crippen LogP contribution in [-0.4, -0.2) is 10.4 Å². The van der Waals surface area contributed by atoms with Gasteiger partial charge in [-0.15, -0.1) is 11.6 Å². The third kappa shape index (κ3) is 1.59. The zero-order chi connectivity index (χ0) is 10.1. The van der Waals surface area contributed by atoms with E-state index >= 15 is 0 Å². The minimum Gasteiger partial charge on any atom is -0.398 e. The van der Waals surface area contributed by atoms with E-state index in [1.54, 1.807) is 0 Å². The summed E-state index contributed by atoms with van der Waals surface area (Å²) in [6.45, 7) is 0.826. The fourth-order valence-electron chi connectivity index (χ4n) is 1.59. The van der Waals surface area contributed by atoms with Crippen molar-refractivity contribution in [3.05, 3.63) is 28.0 Å². The van der Waals surface area contributed by atoms with E-state index in [1.807, 2.05) is 12.1 Å². The van der Waals surface area contributed by atoms with Crippen molar-refractivity contribution in [2.24, 2.45) is 0 Å². The Balaban J connectivity index is 2.70. The first-order chi connectivity index (χ1) is 6.74. The van der Waals surface area contributed by atoms with Crippen molar-refractivity contribution < 1.29 is 0 Å². The molecule has 0 bridgehead atoms. The summed E-state index contributed by atoms with van der Waals surface area (Å²) in [4.78, 5) is 0. The molecule has 2 nitrogen and oxygen atoms in total. The number of nitrogens with two attached hydrogens (primary N) is 1. The largest absolute Gasteiger partial charge is 0.398 e. The molecule has 1 aromatic heterocycles. The fourth-order valence-corrected chi connectivity index (χ4v) is 2.57. The van der Waals surface area contributed by atoms with Crippen molar-refractivity contribution in [3.63, 3.8) is 0 Å². The van der Waals surface area contributed by atoms with Crippen LogP contribution in [0.15, 0.2) is 24.3 Å². The topological polar surface area (TPSA) is 30.9 Å². The van der Waals surface area contributed by atoms with Gasteiger partial charge in [0.05, 0.1) is 9.22 Å². The number of nitrogens with zero attached hydrogens (tertiary/aromatic N) is 1. The minimum atomic E-state index is 0.620. The molecule has 0 aliphatic heterocycles. The first-order valence-corrected chi connectivity index (χ1v) is 5.94. The maximum absolute atomic E-state index is 5.88. The number of halogens is 2. The van der Waals surface area contributed by atoms with Gasteiger partial charge in [0.15, 0.2) is 0 Å². The number of aromatic nitrogens is 1. The van der Waals surface area contributed by atoms with Crippen LogP contribution in [-0.2, 0) is 6.54 Å². The second-order valence-electron chi connectivity index (χ2n) is 3.09. The molecule has 0 unspecified atom stereocenters. The number of fused-ring (bicyclic) bond motifs is 1. The molecular formula is C10H10ClIN2. The van der Waals surface area contributed by atoms with Crippen molar-refractivity contribution in [1.82, 2.24) is 4.57 Å². The maximum Gasteiger partial charge on any atom is 0.0810 e. The summed E-state index contributed by atoms with van der Waals surface area (Å²) in [5, 5.41) is 1.11. The van der Waals surface area contributed by atoms with Gasteiger partial charge in [-0.3, -0.25) is 0 Å². The van der Waals surface area contributed by atoms with E-state index in [4.69, 9.17) is 17.3 Å². The van der Waals surface area contributed by atoms with Gasteiger partial charge in [-0.25, -0.2) is 0 Å². The third-order valence-electron chi connectivity index (χ3n) is 2.24. The monoisotopic (exact) mass is 320 g/mol. The molecule has 0 saturated heterocycles. The van der Waals surface area contributed by atoms with Crippen molar-refractivity contribution in [1.29, 1.82) is 0 Å². The minimum absolute atomic E-state index is 0.620. The summed E-state index contributed by atoms with van der Waals surface area (Å²) in [5.74, 6) is 0.620. The van der Waals surface area contributed by atoms with Crippen molar-refractivity contribution in [3.8, 4) is 0 Å². The van der Waals surface area contributed by atoms with Gasteiger partial charge in [0.2, 0.25) is 0 Å². The predicted octanol–water partition coefficient (Wildman–Crippen LogP) is 3.07. The van der Waals surface area contributed by atoms with Crippen molar-refractivity contribution >= 4 is 50.8 Å². The van der Waals surface area contributed by atoms with Crippen molar-refractivity contribution in [2.75, 3.05) is 11.6 Å². The Morgan fingerprint density at radius 3 is 2.93 bits per heavy atom. The molecule has 0 aliphatic rings. The molecule has 0 saturated carbocycles. The molecule has 74 valence electrons. The molecule has 0 fully saturated rings. The average Bonchev–Trinajstić information content (AvgIpc) is 2.47. The second kappa shape index (κ2) is 3.98. The molecule has 0 aliphatic carbocycles. The molecule has 4 heteroatoms. The first kappa shape index (κ1) is 10.1. The number of hydrogen-bond donors (Lipinski definition) is 1. The van der Waals surface area contributed by atoms with Crippen molar-refractivity contribution in [2.45, 2.75) is 6.54 Å². The van der Waals surface area contributed by atoms with Crippen LogP contribution in [0.3, 0.4) is 0 Å². The van der Waals surface area contributed by atoms with E-state index in [0.717, 1.165) is 23.1 Å². The highest BCUT2D eigenvalue weighted by Crippen LogP contribution is 2.25. The van der Waals surface area contributed by atoms with E-state index in [1.165, 1.54) is 3.70 Å². The quantitative estimate of drug-likeness (QED) is 0.514. The Morgan fingerprint density at radius 2 is 2.21 bits per heavy atom. The summed E-state index contributed by atoms with van der Waals surface area (Å²) in [6, 6.07) is 8.06. The van der Waals surface area contributed by atoms with E-state index < -0.39 is 0 Å². The average molecular weight is 321 g/mol. The lowest BCUT2D eigenvalue weighted by atomic mass is 10.2. The van der Waals surface area contributed by atoms with E-state index in [2.05, 4.69) is 39.3 Å². The summed E-state index contributed by atoms with van der Waals surface area (Å²) in [6.07, 6.45) is 0. The highest BCUT2D eigenvalue weighted by molar-refractivity contribution is 14.1. The number of anilines is 1. The van der Waals surface area contributed by atoms with Gasteiger partial charge in [0.25, 0.3) is 0 Å². The van der Waals surface area contributed by atoms with Crippen LogP contribution in [0.2, 0.25) is 0 Å². The molecule has 0 atom stereocenters. The summed E-state index contributed by atoms with van der Waals surface area (Å²) < 4.78 is 3.36. The maximum atomic E-state index is 5.88. The summed E-state index contributed by atoms with van der Waals surface area (Å²) in [7, 11) is 0. The van der Waals surface area contributed by atoms with Crippen LogP contribution >= 0.6 is 34.2 Å². The van der Waals surface area contributed by atoms with Gasteiger partial charge in [-0.2, -0.15) is 0 Å². The molecule has 0 radical (unpaired) electrons. The SMILES string of the molecule is Nc1cccc2c1cc(I)n2CCCl. The van der Waals surface area contributed by atoms with Gasteiger partial charge in [-0.1, -0.05) is 6.07 Å². The number of aryl methyl sites for hydroxylation is 1. The molecule has 2 N–H and O–H groups in total. The molecule has 2 rings (SSSR count). The Labute approximate surface area is 101 Å². The summed E-state index contributed by atoms with van der Waals surface area (Å²) in [5.41, 5.74) is 7.87. The third-order valence-corrected chi connectivity index (χ3v) is 3.30. The smallest absolute Gasteiger partial charge is 0.0810 e. The standard InChI is InChI=1S/C10H10ClIN2/c11-4-5-14-9-3-1-2-8(13)7(9)6-10(14)12/h1-3,6H,4-5,13H2. The van der Waals surface area contributed by atoms with Gasteiger partial charge in [-0.05, 0) is 40.8 Å². The number of rotatable bonds is 2. The lowest BCUT2D eigenvalue weighted by molar-refractivity contribution is 0.784. The highest BCUT2D eigenvalue weighted by Gasteiger charge is 2.07. The fraction of sp³-hybridized carbons (Fsp3) is 0.200. The van der Waals surface area contributed by atoms with E-state index in [0.29, 0.717) is 5.88 Å². The summed E-state index contributed by atoms with van der Waals surface area (Å²) >= 11 is 8.05. The Kier molecular flexibility index (Phi) is 2.88. The lowest BCUT2D eigenvalue weighted by Crippen LogP contribution is -2.00. The van der Waals surface area contributed by atoms with Crippen LogP contribution in [0, 0.1) is 3.70 Å². The van der Waals surface area contributed by atoms with Crippen LogP contribution in [0.25, 0.3) is 10.9 Å². The van der Waals surface area contributed by atoms with Gasteiger partial charge >= 0.3 is 0 Å². The molecule has 1 heterocycles. The Morgan fingerprint density at radius 1 is 1.43 bits per heavy atom. The van der Waals surface area contributed by atoms with Crippen LogP contribution in [0.1, 0.15) is 0 Å². The second-order valence-corrected chi connectivity index (χ2v) is 4.57. The number of benzene rings is 1. The molecule has 2 aromatic rings. The normalized spacial score (nSPS) is 11.0.